The van der Waals surface area contributed by atoms with Gasteiger partial charge in [-0.1, -0.05) is 48.5 Å². The van der Waals surface area contributed by atoms with Crippen molar-refractivity contribution in [2.24, 2.45) is 0 Å². The van der Waals surface area contributed by atoms with Gasteiger partial charge in [0.1, 0.15) is 0 Å². The van der Waals surface area contributed by atoms with Crippen LogP contribution in [0.15, 0.2) is 101 Å². The molecule has 2 amide bonds. The molecular weight excluding hydrogens is 538 g/mol. The summed E-state index contributed by atoms with van der Waals surface area (Å²) in [6.07, 6.45) is 1.83. The molecule has 41 heavy (non-hydrogen) atoms. The number of carbonyl (C=O) groups is 2. The van der Waals surface area contributed by atoms with E-state index in [1.807, 2.05) is 41.8 Å². The highest BCUT2D eigenvalue weighted by molar-refractivity contribution is 7.08. The molecule has 0 bridgehead atoms. The highest BCUT2D eigenvalue weighted by Gasteiger charge is 2.29. The Kier molecular flexibility index (Phi) is 9.10. The summed E-state index contributed by atoms with van der Waals surface area (Å²) < 4.78 is 12.0. The summed E-state index contributed by atoms with van der Waals surface area (Å²) in [7, 11) is 0. The molecule has 0 fully saturated rings. The van der Waals surface area contributed by atoms with E-state index >= 15 is 0 Å². The number of allylic oxidation sites excluding steroid dienone is 1. The van der Waals surface area contributed by atoms with Crippen LogP contribution in [0, 0.1) is 0 Å². The lowest BCUT2D eigenvalue weighted by Gasteiger charge is -2.29. The highest BCUT2D eigenvalue weighted by Crippen LogP contribution is 2.33. The molecule has 2 unspecified atom stereocenters. The van der Waals surface area contributed by atoms with Crippen LogP contribution in [-0.2, 0) is 34.0 Å². The molecule has 8 nitrogen and oxygen atoms in total. The van der Waals surface area contributed by atoms with Crippen molar-refractivity contribution in [3.63, 3.8) is 0 Å². The third kappa shape index (κ3) is 7.40. The zero-order valence-electron chi connectivity index (χ0n) is 22.3. The molecule has 1 aromatic heterocycles. The summed E-state index contributed by atoms with van der Waals surface area (Å²) >= 11 is 1.60. The van der Waals surface area contributed by atoms with Crippen molar-refractivity contribution in [2.45, 2.75) is 38.4 Å². The third-order valence-corrected chi connectivity index (χ3v) is 7.47. The predicted octanol–water partition coefficient (Wildman–Crippen LogP) is 5.32. The van der Waals surface area contributed by atoms with Gasteiger partial charge in [-0.25, -0.2) is 0 Å². The van der Waals surface area contributed by atoms with Crippen LogP contribution in [0.3, 0.4) is 0 Å². The molecule has 1 aliphatic heterocycles. The third-order valence-electron chi connectivity index (χ3n) is 6.77. The molecule has 0 saturated carbocycles. The quantitative estimate of drug-likeness (QED) is 0.192. The fourth-order valence-electron chi connectivity index (χ4n) is 4.42. The van der Waals surface area contributed by atoms with Crippen LogP contribution in [0.4, 0.5) is 11.4 Å². The molecule has 0 radical (unpaired) electrons. The van der Waals surface area contributed by atoms with Crippen molar-refractivity contribution in [3.05, 3.63) is 129 Å². The topological polar surface area (TPSA) is 123 Å². The number of nitrogens with one attached hydrogen (secondary N) is 2. The molecule has 9 heteroatoms. The van der Waals surface area contributed by atoms with Gasteiger partial charge in [0.25, 0.3) is 11.8 Å². The van der Waals surface area contributed by atoms with E-state index < -0.39 is 6.29 Å². The number of ether oxygens (including phenoxy) is 2. The lowest BCUT2D eigenvalue weighted by atomic mass is 9.95. The van der Waals surface area contributed by atoms with Gasteiger partial charge in [0, 0.05) is 24.4 Å². The summed E-state index contributed by atoms with van der Waals surface area (Å²) in [6, 6.07) is 23.6. The molecule has 5 rings (SSSR count). The maximum Gasteiger partial charge on any atom is 0.286 e. The highest BCUT2D eigenvalue weighted by atomic mass is 32.1. The van der Waals surface area contributed by atoms with E-state index in [1.54, 1.807) is 59.9 Å². The van der Waals surface area contributed by atoms with Crippen molar-refractivity contribution in [2.75, 3.05) is 11.1 Å². The van der Waals surface area contributed by atoms with Crippen LogP contribution in [0.1, 0.15) is 45.0 Å². The summed E-state index contributed by atoms with van der Waals surface area (Å²) in [6.45, 7) is 0.569. The number of para-hydroxylation sites is 2. The normalized spacial score (nSPS) is 16.4. The van der Waals surface area contributed by atoms with E-state index in [-0.39, 0.29) is 36.6 Å². The number of thiophene rings is 1. The molecule has 0 aliphatic carbocycles. The largest absolute Gasteiger partial charge is 0.459 e. The second-order valence-electron chi connectivity index (χ2n) is 9.68. The lowest BCUT2D eigenvalue weighted by molar-refractivity contribution is -0.150. The first kappa shape index (κ1) is 28.1. The zero-order valence-corrected chi connectivity index (χ0v) is 23.1. The molecule has 0 spiro atoms. The van der Waals surface area contributed by atoms with Crippen molar-refractivity contribution < 1.29 is 24.2 Å². The second kappa shape index (κ2) is 13.3. The summed E-state index contributed by atoms with van der Waals surface area (Å²) in [5.41, 5.74) is 11.2. The molecule has 5 N–H and O–H groups in total. The van der Waals surface area contributed by atoms with Crippen LogP contribution in [0.25, 0.3) is 0 Å². The van der Waals surface area contributed by atoms with Crippen LogP contribution in [0.2, 0.25) is 0 Å². The Morgan fingerprint density at radius 1 is 0.951 bits per heavy atom. The molecule has 2 heterocycles. The summed E-state index contributed by atoms with van der Waals surface area (Å²) in [5, 5.41) is 19.1. The van der Waals surface area contributed by atoms with Gasteiger partial charge in [-0.05, 0) is 69.4 Å². The number of rotatable bonds is 10. The molecule has 1 aliphatic rings. The van der Waals surface area contributed by atoms with Crippen LogP contribution < -0.4 is 16.4 Å². The number of anilines is 2. The minimum atomic E-state index is -0.598. The fourth-order valence-corrected chi connectivity index (χ4v) is 5.14. The van der Waals surface area contributed by atoms with Gasteiger partial charge >= 0.3 is 0 Å². The lowest BCUT2D eigenvalue weighted by Crippen LogP contribution is -2.32. The first-order valence-electron chi connectivity index (χ1n) is 13.2. The number of amides is 2. The second-order valence-corrected chi connectivity index (χ2v) is 10.5. The average Bonchev–Trinajstić information content (AvgIpc) is 3.56. The molecule has 210 valence electrons. The molecule has 4 aromatic rings. The first-order valence-corrected chi connectivity index (χ1v) is 14.2. The molecular formula is C32H31N3O5S. The minimum absolute atomic E-state index is 0.0122. The van der Waals surface area contributed by atoms with Gasteiger partial charge in [0.05, 0.1) is 24.6 Å². The summed E-state index contributed by atoms with van der Waals surface area (Å²) in [4.78, 5) is 25.7. The number of benzene rings is 3. The Bertz CT molecular complexity index is 1500. The van der Waals surface area contributed by atoms with Crippen LogP contribution in [-0.4, -0.2) is 23.2 Å². The predicted molar refractivity (Wildman–Crippen MR) is 159 cm³/mol. The van der Waals surface area contributed by atoms with Gasteiger partial charge in [-0.2, -0.15) is 11.3 Å². The van der Waals surface area contributed by atoms with E-state index in [0.717, 1.165) is 22.3 Å². The Morgan fingerprint density at radius 3 is 2.39 bits per heavy atom. The average molecular weight is 570 g/mol. The number of aliphatic hydroxyl groups is 1. The van der Waals surface area contributed by atoms with Gasteiger partial charge in [0.15, 0.2) is 5.76 Å². The Labute approximate surface area is 242 Å². The van der Waals surface area contributed by atoms with Crippen molar-refractivity contribution >= 4 is 34.5 Å². The van der Waals surface area contributed by atoms with Gasteiger partial charge in [-0.3, -0.25) is 9.59 Å². The van der Waals surface area contributed by atoms with Crippen LogP contribution >= 0.6 is 11.3 Å². The maximum absolute atomic E-state index is 13.1. The Morgan fingerprint density at radius 2 is 1.68 bits per heavy atom. The van der Waals surface area contributed by atoms with E-state index in [0.29, 0.717) is 30.0 Å². The number of aliphatic hydroxyl groups excluding tert-OH is 1. The molecule has 2 atom stereocenters. The monoisotopic (exact) mass is 569 g/mol. The smallest absolute Gasteiger partial charge is 0.286 e. The number of nitrogens with two attached hydrogens (primary N) is 1. The van der Waals surface area contributed by atoms with E-state index in [4.69, 9.17) is 15.2 Å². The van der Waals surface area contributed by atoms with Crippen molar-refractivity contribution in [3.8, 4) is 0 Å². The van der Waals surface area contributed by atoms with Crippen molar-refractivity contribution in [1.82, 2.24) is 5.32 Å². The maximum atomic E-state index is 13.1. The van der Waals surface area contributed by atoms with Crippen LogP contribution in [0.5, 0.6) is 0 Å². The van der Waals surface area contributed by atoms with E-state index in [9.17, 15) is 14.7 Å². The Balaban J connectivity index is 1.19. The van der Waals surface area contributed by atoms with Gasteiger partial charge in [-0.15, -0.1) is 0 Å². The number of hydrogen-bond acceptors (Lipinski definition) is 7. The Hall–Kier alpha value is -4.44. The standard InChI is InChI=1S/C32H31N3O5S/c33-27-3-1-2-4-28(27)35-31(37)24-11-9-21(10-12-24)17-34-32(38)29-15-26(25-13-14-41-20-25)16-30(40-29)39-19-23-7-5-22(18-36)6-8-23/h1-15,20,26,30,36H,16-19,33H2,(H,34,38)(H,35,37). The van der Waals surface area contributed by atoms with Gasteiger partial charge < -0.3 is 30.9 Å². The van der Waals surface area contributed by atoms with E-state index in [1.165, 1.54) is 0 Å². The molecule has 0 saturated heterocycles. The number of carbonyl (C=O) groups excluding carboxylic acids is 2. The summed E-state index contributed by atoms with van der Waals surface area (Å²) in [5.74, 6) is -0.417. The first-order chi connectivity index (χ1) is 20.0. The SMILES string of the molecule is Nc1ccccc1NC(=O)c1ccc(CNC(=O)C2=CC(c3ccsc3)CC(OCc3ccc(CO)cc3)O2)cc1. The van der Waals surface area contributed by atoms with Gasteiger partial charge in [0.2, 0.25) is 6.29 Å². The van der Waals surface area contributed by atoms with E-state index in [2.05, 4.69) is 16.0 Å². The van der Waals surface area contributed by atoms with Crippen molar-refractivity contribution in [1.29, 1.82) is 0 Å². The zero-order chi connectivity index (χ0) is 28.6. The molecule has 3 aromatic carbocycles. The number of nitrogen functional groups attached to an aromatic ring is 1. The number of hydrogen-bond donors (Lipinski definition) is 4. The fraction of sp³-hybridized carbons (Fsp3) is 0.188. The minimum Gasteiger partial charge on any atom is -0.459 e.